The number of carbonyl (C=O) groups excluding carboxylic acids is 2. The average Bonchev–Trinajstić information content (AvgIpc) is 2.32. The Hall–Kier alpha value is -1.84. The SMILES string of the molecule is CCCC(=O)Nc1ccc(CCOC=O)cc1. The molecule has 4 nitrogen and oxygen atoms in total. The molecule has 0 heterocycles. The van der Waals surface area contributed by atoms with Gasteiger partial charge in [-0.2, -0.15) is 0 Å². The molecule has 1 aromatic rings. The summed E-state index contributed by atoms with van der Waals surface area (Å²) in [4.78, 5) is 21.3. The molecule has 17 heavy (non-hydrogen) atoms. The Balaban J connectivity index is 2.44. The molecule has 0 saturated heterocycles. The van der Waals surface area contributed by atoms with Crippen LogP contribution in [0.1, 0.15) is 25.3 Å². The second kappa shape index (κ2) is 7.44. The van der Waals surface area contributed by atoms with E-state index in [-0.39, 0.29) is 5.91 Å². The van der Waals surface area contributed by atoms with Gasteiger partial charge in [0.15, 0.2) is 0 Å². The maximum Gasteiger partial charge on any atom is 0.293 e. The van der Waals surface area contributed by atoms with Crippen molar-refractivity contribution in [2.24, 2.45) is 0 Å². The third-order valence-electron chi connectivity index (χ3n) is 2.29. The van der Waals surface area contributed by atoms with Crippen LogP contribution in [0.25, 0.3) is 0 Å². The van der Waals surface area contributed by atoms with E-state index in [9.17, 15) is 9.59 Å². The maximum absolute atomic E-state index is 11.3. The van der Waals surface area contributed by atoms with E-state index < -0.39 is 0 Å². The lowest BCUT2D eigenvalue weighted by Crippen LogP contribution is -2.10. The van der Waals surface area contributed by atoms with Crippen molar-refractivity contribution in [1.29, 1.82) is 0 Å². The molecular weight excluding hydrogens is 218 g/mol. The molecular formula is C13H17NO3. The van der Waals surface area contributed by atoms with Crippen LogP contribution in [0.15, 0.2) is 24.3 Å². The van der Waals surface area contributed by atoms with E-state index >= 15 is 0 Å². The molecule has 0 atom stereocenters. The molecule has 0 unspecified atom stereocenters. The van der Waals surface area contributed by atoms with Gasteiger partial charge in [0.1, 0.15) is 0 Å². The average molecular weight is 235 g/mol. The van der Waals surface area contributed by atoms with Crippen molar-refractivity contribution in [2.45, 2.75) is 26.2 Å². The second-order valence-corrected chi connectivity index (χ2v) is 3.71. The highest BCUT2D eigenvalue weighted by Gasteiger charge is 2.00. The third-order valence-corrected chi connectivity index (χ3v) is 2.29. The van der Waals surface area contributed by atoms with E-state index in [1.165, 1.54) is 0 Å². The van der Waals surface area contributed by atoms with Crippen molar-refractivity contribution in [2.75, 3.05) is 11.9 Å². The lowest BCUT2D eigenvalue weighted by Gasteiger charge is -2.05. The quantitative estimate of drug-likeness (QED) is 0.582. The first-order valence-corrected chi connectivity index (χ1v) is 5.70. The first-order chi connectivity index (χ1) is 8.26. The largest absolute Gasteiger partial charge is 0.468 e. The van der Waals surface area contributed by atoms with Gasteiger partial charge >= 0.3 is 0 Å². The van der Waals surface area contributed by atoms with Crippen molar-refractivity contribution in [3.05, 3.63) is 29.8 Å². The van der Waals surface area contributed by atoms with Crippen molar-refractivity contribution >= 4 is 18.1 Å². The number of carbonyl (C=O) groups is 2. The van der Waals surface area contributed by atoms with E-state index in [0.29, 0.717) is 25.9 Å². The minimum Gasteiger partial charge on any atom is -0.468 e. The number of hydrogen-bond acceptors (Lipinski definition) is 3. The van der Waals surface area contributed by atoms with E-state index in [2.05, 4.69) is 10.1 Å². The van der Waals surface area contributed by atoms with Crippen LogP contribution in [0.5, 0.6) is 0 Å². The van der Waals surface area contributed by atoms with Crippen molar-refractivity contribution in [1.82, 2.24) is 0 Å². The van der Waals surface area contributed by atoms with E-state index in [4.69, 9.17) is 0 Å². The van der Waals surface area contributed by atoms with Crippen molar-refractivity contribution in [3.8, 4) is 0 Å². The smallest absolute Gasteiger partial charge is 0.293 e. The third kappa shape index (κ3) is 5.15. The first-order valence-electron chi connectivity index (χ1n) is 5.70. The molecule has 0 aliphatic heterocycles. The summed E-state index contributed by atoms with van der Waals surface area (Å²) in [5.74, 6) is 0.0320. The standard InChI is InChI=1S/C13H17NO3/c1-2-3-13(16)14-12-6-4-11(5-7-12)8-9-17-10-15/h4-7,10H,2-3,8-9H2,1H3,(H,14,16). The van der Waals surface area contributed by atoms with E-state index in [1.54, 1.807) is 0 Å². The summed E-state index contributed by atoms with van der Waals surface area (Å²) in [5.41, 5.74) is 1.86. The molecule has 1 N–H and O–H groups in total. The minimum absolute atomic E-state index is 0.0320. The van der Waals surface area contributed by atoms with Crippen LogP contribution < -0.4 is 5.32 Å². The Kier molecular flexibility index (Phi) is 5.79. The van der Waals surface area contributed by atoms with Crippen LogP contribution in [0.3, 0.4) is 0 Å². The van der Waals surface area contributed by atoms with Gasteiger partial charge in [-0.15, -0.1) is 0 Å². The molecule has 0 aliphatic carbocycles. The van der Waals surface area contributed by atoms with Crippen LogP contribution in [-0.2, 0) is 20.7 Å². The minimum atomic E-state index is 0.0320. The van der Waals surface area contributed by atoms with Crippen molar-refractivity contribution < 1.29 is 14.3 Å². The number of nitrogens with one attached hydrogen (secondary N) is 1. The lowest BCUT2D eigenvalue weighted by molar-refractivity contribution is -0.128. The predicted octanol–water partition coefficient (Wildman–Crippen LogP) is 2.14. The summed E-state index contributed by atoms with van der Waals surface area (Å²) in [6.07, 6.45) is 2.06. The summed E-state index contributed by atoms with van der Waals surface area (Å²) in [6, 6.07) is 7.53. The topological polar surface area (TPSA) is 55.4 Å². The van der Waals surface area contributed by atoms with Crippen LogP contribution in [0, 0.1) is 0 Å². The molecule has 0 aromatic heterocycles. The van der Waals surface area contributed by atoms with Crippen LogP contribution in [-0.4, -0.2) is 19.0 Å². The van der Waals surface area contributed by atoms with Gasteiger partial charge in [-0.05, 0) is 24.1 Å². The number of rotatable bonds is 7. The maximum atomic E-state index is 11.3. The van der Waals surface area contributed by atoms with Gasteiger partial charge in [0.05, 0.1) is 6.61 Å². The van der Waals surface area contributed by atoms with Crippen LogP contribution >= 0.6 is 0 Å². The van der Waals surface area contributed by atoms with Gasteiger partial charge in [0.2, 0.25) is 5.91 Å². The molecule has 0 saturated carbocycles. The Morgan fingerprint density at radius 1 is 1.35 bits per heavy atom. The first kappa shape index (κ1) is 13.2. The van der Waals surface area contributed by atoms with Gasteiger partial charge in [-0.25, -0.2) is 0 Å². The summed E-state index contributed by atoms with van der Waals surface area (Å²) in [7, 11) is 0. The molecule has 0 fully saturated rings. The highest BCUT2D eigenvalue weighted by Crippen LogP contribution is 2.10. The number of anilines is 1. The molecule has 0 bridgehead atoms. The Labute approximate surface area is 101 Å². The Morgan fingerprint density at radius 2 is 2.06 bits per heavy atom. The number of ether oxygens (including phenoxy) is 1. The van der Waals surface area contributed by atoms with Crippen molar-refractivity contribution in [3.63, 3.8) is 0 Å². The predicted molar refractivity (Wildman–Crippen MR) is 65.7 cm³/mol. The lowest BCUT2D eigenvalue weighted by atomic mass is 10.1. The fourth-order valence-corrected chi connectivity index (χ4v) is 1.43. The van der Waals surface area contributed by atoms with Gasteiger partial charge in [0, 0.05) is 18.5 Å². The fourth-order valence-electron chi connectivity index (χ4n) is 1.43. The molecule has 1 aromatic carbocycles. The van der Waals surface area contributed by atoms with Gasteiger partial charge in [-0.3, -0.25) is 9.59 Å². The molecule has 92 valence electrons. The van der Waals surface area contributed by atoms with Gasteiger partial charge in [-0.1, -0.05) is 19.1 Å². The van der Waals surface area contributed by atoms with Crippen LogP contribution in [0.2, 0.25) is 0 Å². The molecule has 1 rings (SSSR count). The van der Waals surface area contributed by atoms with Gasteiger partial charge < -0.3 is 10.1 Å². The van der Waals surface area contributed by atoms with Gasteiger partial charge in [0.25, 0.3) is 6.47 Å². The number of benzene rings is 1. The summed E-state index contributed by atoms with van der Waals surface area (Å²) in [5, 5.41) is 2.81. The molecule has 0 radical (unpaired) electrons. The zero-order valence-corrected chi connectivity index (χ0v) is 9.94. The number of hydrogen-bond donors (Lipinski definition) is 1. The Morgan fingerprint density at radius 3 is 2.65 bits per heavy atom. The normalized spacial score (nSPS) is 9.71. The van der Waals surface area contributed by atoms with Crippen LogP contribution in [0.4, 0.5) is 5.69 Å². The summed E-state index contributed by atoms with van der Waals surface area (Å²) < 4.78 is 4.61. The van der Waals surface area contributed by atoms with E-state index in [1.807, 2.05) is 31.2 Å². The molecule has 1 amide bonds. The second-order valence-electron chi connectivity index (χ2n) is 3.71. The fraction of sp³-hybridized carbons (Fsp3) is 0.385. The molecule has 0 aliphatic rings. The number of amides is 1. The van der Waals surface area contributed by atoms with E-state index in [0.717, 1.165) is 17.7 Å². The molecule has 0 spiro atoms. The summed E-state index contributed by atoms with van der Waals surface area (Å²) >= 11 is 0. The summed E-state index contributed by atoms with van der Waals surface area (Å²) in [6.45, 7) is 2.79. The Bertz CT molecular complexity index is 359. The highest BCUT2D eigenvalue weighted by atomic mass is 16.5. The highest BCUT2D eigenvalue weighted by molar-refractivity contribution is 5.90. The zero-order valence-electron chi connectivity index (χ0n) is 9.94. The zero-order chi connectivity index (χ0) is 12.5. The molecule has 4 heteroatoms. The monoisotopic (exact) mass is 235 g/mol.